The van der Waals surface area contributed by atoms with Gasteiger partial charge in [0.2, 0.25) is 0 Å². The molecule has 0 saturated heterocycles. The number of carbonyl (C=O) groups excluding carboxylic acids is 2. The van der Waals surface area contributed by atoms with E-state index < -0.39 is 23.9 Å². The zero-order valence-corrected chi connectivity index (χ0v) is 10.5. The molecule has 0 radical (unpaired) electrons. The van der Waals surface area contributed by atoms with Crippen molar-refractivity contribution in [3.05, 3.63) is 35.4 Å². The topological polar surface area (TPSA) is 107 Å². The van der Waals surface area contributed by atoms with Crippen LogP contribution in [0.15, 0.2) is 24.3 Å². The molecule has 0 saturated carbocycles. The lowest BCUT2D eigenvalue weighted by Gasteiger charge is -2.06. The molecule has 0 heterocycles. The van der Waals surface area contributed by atoms with Crippen molar-refractivity contribution < 1.29 is 24.2 Å². The van der Waals surface area contributed by atoms with Gasteiger partial charge in [-0.3, -0.25) is 9.59 Å². The van der Waals surface area contributed by atoms with E-state index in [0.717, 1.165) is 5.56 Å². The molecular formula is C13H15NO5. The van der Waals surface area contributed by atoms with Gasteiger partial charge >= 0.3 is 17.9 Å². The van der Waals surface area contributed by atoms with Crippen molar-refractivity contribution in [3.63, 3.8) is 0 Å². The van der Waals surface area contributed by atoms with E-state index in [1.54, 1.807) is 24.3 Å². The predicted molar refractivity (Wildman–Crippen MR) is 66.4 cm³/mol. The molecule has 1 aromatic rings. The summed E-state index contributed by atoms with van der Waals surface area (Å²) in [5, 5.41) is 8.54. The van der Waals surface area contributed by atoms with Crippen LogP contribution in [-0.4, -0.2) is 29.1 Å². The number of aliphatic carboxylic acids is 1. The smallest absolute Gasteiger partial charge is 0.345 e. The molecular weight excluding hydrogens is 250 g/mol. The number of esters is 2. The summed E-state index contributed by atoms with van der Waals surface area (Å²) in [7, 11) is 0. The summed E-state index contributed by atoms with van der Waals surface area (Å²) in [6, 6.07) is 5.41. The number of benzene rings is 1. The number of carbonyl (C=O) groups is 3. The molecule has 6 nitrogen and oxygen atoms in total. The molecule has 19 heavy (non-hydrogen) atoms. The molecule has 0 unspecified atom stereocenters. The zero-order valence-electron chi connectivity index (χ0n) is 10.5. The highest BCUT2D eigenvalue weighted by atomic mass is 16.6. The highest BCUT2D eigenvalue weighted by Crippen LogP contribution is 2.06. The second-order valence-corrected chi connectivity index (χ2v) is 4.11. The summed E-state index contributed by atoms with van der Waals surface area (Å²) in [5.41, 5.74) is 6.48. The Balaban J connectivity index is 2.46. The highest BCUT2D eigenvalue weighted by Gasteiger charge is 2.17. The van der Waals surface area contributed by atoms with Crippen LogP contribution < -0.4 is 5.73 Å². The van der Waals surface area contributed by atoms with E-state index in [1.807, 2.05) is 6.92 Å². The van der Waals surface area contributed by atoms with Gasteiger partial charge in [0.25, 0.3) is 0 Å². The van der Waals surface area contributed by atoms with Gasteiger partial charge in [-0.05, 0) is 25.5 Å². The van der Waals surface area contributed by atoms with Gasteiger partial charge in [0.05, 0.1) is 5.56 Å². The summed E-state index contributed by atoms with van der Waals surface area (Å²) in [5.74, 6) is -2.74. The Morgan fingerprint density at radius 3 is 2.37 bits per heavy atom. The van der Waals surface area contributed by atoms with E-state index in [1.165, 1.54) is 0 Å². The first-order valence-corrected chi connectivity index (χ1v) is 5.70. The van der Waals surface area contributed by atoms with Crippen molar-refractivity contribution in [2.45, 2.75) is 25.8 Å². The maximum Gasteiger partial charge on any atom is 0.345 e. The molecule has 6 heteroatoms. The summed E-state index contributed by atoms with van der Waals surface area (Å²) >= 11 is 0. The molecule has 3 N–H and O–H groups in total. The Morgan fingerprint density at radius 2 is 1.84 bits per heavy atom. The Hall–Kier alpha value is -2.21. The van der Waals surface area contributed by atoms with Crippen LogP contribution in [0.1, 0.15) is 28.8 Å². The third-order valence-corrected chi connectivity index (χ3v) is 2.47. The van der Waals surface area contributed by atoms with Crippen LogP contribution in [-0.2, 0) is 14.3 Å². The molecule has 1 rings (SSSR count). The van der Waals surface area contributed by atoms with Crippen LogP contribution in [0.5, 0.6) is 0 Å². The minimum atomic E-state index is -1.20. The van der Waals surface area contributed by atoms with Gasteiger partial charge in [0.15, 0.2) is 0 Å². The van der Waals surface area contributed by atoms with E-state index in [2.05, 4.69) is 4.74 Å². The second kappa shape index (κ2) is 6.65. The molecule has 0 aliphatic heterocycles. The molecule has 0 bridgehead atoms. The first-order valence-electron chi connectivity index (χ1n) is 5.70. The number of aryl methyl sites for hydroxylation is 1. The van der Waals surface area contributed by atoms with Gasteiger partial charge in [0, 0.05) is 6.42 Å². The van der Waals surface area contributed by atoms with Crippen molar-refractivity contribution in [2.24, 2.45) is 5.73 Å². The number of carboxylic acids is 1. The first-order chi connectivity index (χ1) is 8.90. The molecule has 1 atom stereocenters. The quantitative estimate of drug-likeness (QED) is 0.604. The normalized spacial score (nSPS) is 11.7. The second-order valence-electron chi connectivity index (χ2n) is 4.11. The molecule has 0 aliphatic rings. The molecule has 0 aromatic heterocycles. The number of carboxylic acid groups (broad SMARTS) is 1. The van der Waals surface area contributed by atoms with Crippen molar-refractivity contribution in [1.82, 2.24) is 0 Å². The van der Waals surface area contributed by atoms with Crippen molar-refractivity contribution in [3.8, 4) is 0 Å². The Bertz CT molecular complexity index is 480. The molecule has 0 aliphatic carbocycles. The van der Waals surface area contributed by atoms with Gasteiger partial charge in [0.1, 0.15) is 6.04 Å². The van der Waals surface area contributed by atoms with Crippen molar-refractivity contribution in [1.29, 1.82) is 0 Å². The predicted octanol–water partition coefficient (Wildman–Crippen LogP) is 0.871. The van der Waals surface area contributed by atoms with Gasteiger partial charge in [-0.1, -0.05) is 17.7 Å². The lowest BCUT2D eigenvalue weighted by atomic mass is 10.1. The van der Waals surface area contributed by atoms with Crippen LogP contribution in [0.4, 0.5) is 0 Å². The van der Waals surface area contributed by atoms with E-state index >= 15 is 0 Å². The maximum absolute atomic E-state index is 11.6. The fraction of sp³-hybridized carbons (Fsp3) is 0.308. The molecule has 0 amide bonds. The van der Waals surface area contributed by atoms with Crippen LogP contribution in [0.3, 0.4) is 0 Å². The van der Waals surface area contributed by atoms with Gasteiger partial charge in [-0.25, -0.2) is 4.79 Å². The third-order valence-electron chi connectivity index (χ3n) is 2.47. The van der Waals surface area contributed by atoms with Crippen LogP contribution >= 0.6 is 0 Å². The minimum absolute atomic E-state index is 0.0741. The maximum atomic E-state index is 11.6. The number of rotatable bonds is 5. The summed E-state index contributed by atoms with van der Waals surface area (Å²) < 4.78 is 4.58. The van der Waals surface area contributed by atoms with Crippen molar-refractivity contribution in [2.75, 3.05) is 0 Å². The fourth-order valence-electron chi connectivity index (χ4n) is 1.30. The van der Waals surface area contributed by atoms with Crippen LogP contribution in [0.2, 0.25) is 0 Å². The SMILES string of the molecule is Cc1ccc(C(=O)OC(=O)CC[C@H](N)C(=O)O)cc1. The lowest BCUT2D eigenvalue weighted by molar-refractivity contribution is -0.140. The number of hydrogen-bond acceptors (Lipinski definition) is 5. The average Bonchev–Trinajstić information content (AvgIpc) is 2.36. The Morgan fingerprint density at radius 1 is 1.26 bits per heavy atom. The first kappa shape index (κ1) is 14.8. The average molecular weight is 265 g/mol. The van der Waals surface area contributed by atoms with Crippen LogP contribution in [0.25, 0.3) is 0 Å². The minimum Gasteiger partial charge on any atom is -0.480 e. The third kappa shape index (κ3) is 4.89. The largest absolute Gasteiger partial charge is 0.480 e. The number of nitrogens with two attached hydrogens (primary N) is 1. The standard InChI is InChI=1S/C13H15NO5/c1-8-2-4-9(5-3-8)13(18)19-11(15)7-6-10(14)12(16)17/h2-5,10H,6-7,14H2,1H3,(H,16,17)/t10-/m0/s1. The van der Waals surface area contributed by atoms with E-state index in [-0.39, 0.29) is 18.4 Å². The summed E-state index contributed by atoms with van der Waals surface area (Å²) in [6.45, 7) is 1.87. The van der Waals surface area contributed by atoms with Gasteiger partial charge < -0.3 is 15.6 Å². The highest BCUT2D eigenvalue weighted by molar-refractivity contribution is 5.96. The zero-order chi connectivity index (χ0) is 14.4. The number of hydrogen-bond donors (Lipinski definition) is 2. The van der Waals surface area contributed by atoms with Gasteiger partial charge in [-0.15, -0.1) is 0 Å². The number of ether oxygens (including phenoxy) is 1. The van der Waals surface area contributed by atoms with Crippen LogP contribution in [0, 0.1) is 6.92 Å². The molecule has 1 aromatic carbocycles. The Labute approximate surface area is 110 Å². The summed E-state index contributed by atoms with van der Waals surface area (Å²) in [4.78, 5) is 33.3. The summed E-state index contributed by atoms with van der Waals surface area (Å²) in [6.07, 6.45) is -0.291. The van der Waals surface area contributed by atoms with E-state index in [0.29, 0.717) is 0 Å². The van der Waals surface area contributed by atoms with E-state index in [4.69, 9.17) is 10.8 Å². The van der Waals surface area contributed by atoms with Crippen molar-refractivity contribution >= 4 is 17.9 Å². The molecule has 102 valence electrons. The monoisotopic (exact) mass is 265 g/mol. The molecule has 0 spiro atoms. The van der Waals surface area contributed by atoms with E-state index in [9.17, 15) is 14.4 Å². The Kier molecular flexibility index (Phi) is 5.20. The molecule has 0 fully saturated rings. The lowest BCUT2D eigenvalue weighted by Crippen LogP contribution is -2.31. The fourth-order valence-corrected chi connectivity index (χ4v) is 1.30. The van der Waals surface area contributed by atoms with Gasteiger partial charge in [-0.2, -0.15) is 0 Å².